The molecule has 0 aromatic rings. The first kappa shape index (κ1) is 15.2. The lowest BCUT2D eigenvalue weighted by molar-refractivity contribution is -0.164. The van der Waals surface area contributed by atoms with Crippen LogP contribution in [0.2, 0.25) is 0 Å². The van der Waals surface area contributed by atoms with E-state index in [4.69, 9.17) is 9.84 Å². The van der Waals surface area contributed by atoms with Crippen molar-refractivity contribution in [1.29, 1.82) is 0 Å². The third kappa shape index (κ3) is 5.91. The second-order valence-electron chi connectivity index (χ2n) is 4.27. The number of hydrogen-bond donors (Lipinski definition) is 1. The van der Waals surface area contributed by atoms with E-state index in [-0.39, 0.29) is 0 Å². The molecule has 16 heavy (non-hydrogen) atoms. The minimum atomic E-state index is -1.03. The predicted octanol–water partition coefficient (Wildman–Crippen LogP) is 3.39. The van der Waals surface area contributed by atoms with E-state index >= 15 is 0 Å². The SMILES string of the molecule is C=CCCOC(C)(CCCCCC)C(=O)O. The van der Waals surface area contributed by atoms with Gasteiger partial charge in [0.05, 0.1) is 6.61 Å². The third-order valence-corrected chi connectivity index (χ3v) is 2.70. The summed E-state index contributed by atoms with van der Waals surface area (Å²) in [4.78, 5) is 11.1. The number of hydrogen-bond acceptors (Lipinski definition) is 2. The number of aliphatic carboxylic acids is 1. The van der Waals surface area contributed by atoms with Gasteiger partial charge >= 0.3 is 5.97 Å². The monoisotopic (exact) mass is 228 g/mol. The van der Waals surface area contributed by atoms with Crippen molar-refractivity contribution < 1.29 is 14.6 Å². The molecule has 0 amide bonds. The van der Waals surface area contributed by atoms with Crippen LogP contribution in [-0.4, -0.2) is 23.3 Å². The maximum atomic E-state index is 11.1. The molecule has 0 aliphatic heterocycles. The number of unbranched alkanes of at least 4 members (excludes halogenated alkanes) is 3. The highest BCUT2D eigenvalue weighted by molar-refractivity contribution is 5.76. The van der Waals surface area contributed by atoms with E-state index in [1.807, 2.05) is 0 Å². The van der Waals surface area contributed by atoms with Crippen LogP contribution in [0.4, 0.5) is 0 Å². The summed E-state index contributed by atoms with van der Waals surface area (Å²) in [6, 6.07) is 0. The molecule has 3 heteroatoms. The summed E-state index contributed by atoms with van der Waals surface area (Å²) in [5.41, 5.74) is -1.03. The lowest BCUT2D eigenvalue weighted by atomic mass is 9.98. The minimum absolute atomic E-state index is 0.431. The van der Waals surface area contributed by atoms with Crippen molar-refractivity contribution in [2.45, 2.75) is 58.0 Å². The molecule has 0 aromatic carbocycles. The summed E-state index contributed by atoms with van der Waals surface area (Å²) in [5, 5.41) is 9.14. The van der Waals surface area contributed by atoms with Crippen LogP contribution >= 0.6 is 0 Å². The summed E-state index contributed by atoms with van der Waals surface area (Å²) in [6.07, 6.45) is 7.30. The van der Waals surface area contributed by atoms with Crippen LogP contribution in [0.3, 0.4) is 0 Å². The van der Waals surface area contributed by atoms with Gasteiger partial charge in [-0.3, -0.25) is 0 Å². The van der Waals surface area contributed by atoms with Gasteiger partial charge in [0, 0.05) is 0 Å². The second-order valence-corrected chi connectivity index (χ2v) is 4.27. The van der Waals surface area contributed by atoms with Crippen molar-refractivity contribution in [3.63, 3.8) is 0 Å². The number of carboxylic acids is 1. The van der Waals surface area contributed by atoms with Crippen LogP contribution in [0, 0.1) is 0 Å². The lowest BCUT2D eigenvalue weighted by Gasteiger charge is -2.25. The molecule has 0 radical (unpaired) electrons. The first-order valence-corrected chi connectivity index (χ1v) is 6.05. The first-order chi connectivity index (χ1) is 7.56. The molecular formula is C13H24O3. The molecule has 0 aliphatic rings. The van der Waals surface area contributed by atoms with Crippen molar-refractivity contribution in [2.75, 3.05) is 6.61 Å². The van der Waals surface area contributed by atoms with E-state index in [0.29, 0.717) is 19.4 Å². The Hall–Kier alpha value is -0.830. The van der Waals surface area contributed by atoms with E-state index in [1.165, 1.54) is 0 Å². The molecule has 0 bridgehead atoms. The Kier molecular flexibility index (Phi) is 7.90. The number of carbonyl (C=O) groups is 1. The Bertz CT molecular complexity index is 213. The van der Waals surface area contributed by atoms with Crippen LogP contribution in [0.15, 0.2) is 12.7 Å². The molecule has 0 fully saturated rings. The van der Waals surface area contributed by atoms with Crippen molar-refractivity contribution in [2.24, 2.45) is 0 Å². The maximum Gasteiger partial charge on any atom is 0.335 e. The molecule has 94 valence electrons. The number of ether oxygens (including phenoxy) is 1. The Morgan fingerprint density at radius 3 is 2.62 bits per heavy atom. The number of rotatable bonds is 10. The van der Waals surface area contributed by atoms with Gasteiger partial charge < -0.3 is 9.84 Å². The van der Waals surface area contributed by atoms with Crippen LogP contribution in [0.5, 0.6) is 0 Å². The predicted molar refractivity (Wildman–Crippen MR) is 65.6 cm³/mol. The van der Waals surface area contributed by atoms with Gasteiger partial charge in [-0.25, -0.2) is 4.79 Å². The summed E-state index contributed by atoms with van der Waals surface area (Å²) < 4.78 is 5.44. The van der Waals surface area contributed by atoms with Crippen molar-refractivity contribution in [3.8, 4) is 0 Å². The lowest BCUT2D eigenvalue weighted by Crippen LogP contribution is -2.38. The highest BCUT2D eigenvalue weighted by atomic mass is 16.5. The van der Waals surface area contributed by atoms with E-state index < -0.39 is 11.6 Å². The van der Waals surface area contributed by atoms with Gasteiger partial charge in [0.2, 0.25) is 0 Å². The van der Waals surface area contributed by atoms with E-state index in [2.05, 4.69) is 13.5 Å². The molecule has 0 rings (SSSR count). The molecule has 0 aromatic heterocycles. The van der Waals surface area contributed by atoms with Gasteiger partial charge in [-0.2, -0.15) is 0 Å². The average Bonchev–Trinajstić information content (AvgIpc) is 2.25. The average molecular weight is 228 g/mol. The molecule has 1 unspecified atom stereocenters. The Balaban J connectivity index is 4.01. The zero-order valence-electron chi connectivity index (χ0n) is 10.5. The van der Waals surface area contributed by atoms with Gasteiger partial charge in [0.1, 0.15) is 0 Å². The normalized spacial score (nSPS) is 14.4. The summed E-state index contributed by atoms with van der Waals surface area (Å²) in [7, 11) is 0. The van der Waals surface area contributed by atoms with Crippen molar-refractivity contribution in [1.82, 2.24) is 0 Å². The zero-order chi connectivity index (χ0) is 12.4. The van der Waals surface area contributed by atoms with Gasteiger partial charge in [0.15, 0.2) is 5.60 Å². The zero-order valence-corrected chi connectivity index (χ0v) is 10.5. The van der Waals surface area contributed by atoms with Crippen LogP contribution in [0.25, 0.3) is 0 Å². The highest BCUT2D eigenvalue weighted by Gasteiger charge is 2.33. The summed E-state index contributed by atoms with van der Waals surface area (Å²) in [6.45, 7) is 7.81. The second kappa shape index (κ2) is 8.34. The molecule has 1 N–H and O–H groups in total. The minimum Gasteiger partial charge on any atom is -0.479 e. The summed E-state index contributed by atoms with van der Waals surface area (Å²) in [5.74, 6) is -0.868. The molecule has 1 atom stereocenters. The molecule has 0 saturated carbocycles. The van der Waals surface area contributed by atoms with Crippen LogP contribution < -0.4 is 0 Å². The topological polar surface area (TPSA) is 46.5 Å². The largest absolute Gasteiger partial charge is 0.479 e. The van der Waals surface area contributed by atoms with E-state index in [9.17, 15) is 4.79 Å². The molecule has 0 heterocycles. The maximum absolute atomic E-state index is 11.1. The van der Waals surface area contributed by atoms with Gasteiger partial charge in [-0.1, -0.05) is 32.3 Å². The van der Waals surface area contributed by atoms with Crippen molar-refractivity contribution in [3.05, 3.63) is 12.7 Å². The quantitative estimate of drug-likeness (QED) is 0.460. The fraction of sp³-hybridized carbons (Fsp3) is 0.769. The first-order valence-electron chi connectivity index (χ1n) is 6.05. The van der Waals surface area contributed by atoms with Crippen LogP contribution in [-0.2, 0) is 9.53 Å². The molecule has 0 spiro atoms. The molecule has 3 nitrogen and oxygen atoms in total. The highest BCUT2D eigenvalue weighted by Crippen LogP contribution is 2.20. The fourth-order valence-electron chi connectivity index (χ4n) is 1.50. The Morgan fingerprint density at radius 2 is 2.12 bits per heavy atom. The molecule has 0 aliphatic carbocycles. The standard InChI is InChI=1S/C13H24O3/c1-4-6-8-9-10-13(3,12(14)15)16-11-7-5-2/h5H,2,4,6-11H2,1,3H3,(H,14,15). The van der Waals surface area contributed by atoms with E-state index in [1.54, 1.807) is 13.0 Å². The van der Waals surface area contributed by atoms with Crippen LogP contribution in [0.1, 0.15) is 52.4 Å². The van der Waals surface area contributed by atoms with Gasteiger partial charge in [-0.05, 0) is 26.2 Å². The number of carboxylic acid groups (broad SMARTS) is 1. The van der Waals surface area contributed by atoms with Gasteiger partial charge in [0.25, 0.3) is 0 Å². The summed E-state index contributed by atoms with van der Waals surface area (Å²) >= 11 is 0. The van der Waals surface area contributed by atoms with Gasteiger partial charge in [-0.15, -0.1) is 6.58 Å². The fourth-order valence-corrected chi connectivity index (χ4v) is 1.50. The Labute approximate surface area is 98.5 Å². The van der Waals surface area contributed by atoms with E-state index in [0.717, 1.165) is 25.7 Å². The Morgan fingerprint density at radius 1 is 1.44 bits per heavy atom. The molecular weight excluding hydrogens is 204 g/mol. The smallest absolute Gasteiger partial charge is 0.335 e. The van der Waals surface area contributed by atoms with Crippen molar-refractivity contribution >= 4 is 5.97 Å². The molecule has 0 saturated heterocycles. The third-order valence-electron chi connectivity index (χ3n) is 2.70.